The molecule has 1 atom stereocenters. The molecule has 0 radical (unpaired) electrons. The second-order valence-electron chi connectivity index (χ2n) is 5.92. The predicted molar refractivity (Wildman–Crippen MR) is 116 cm³/mol. The SMILES string of the molecule is C=C(Nc1cc(F)c(Cl)cn1)c1cnc([C@@H](C)NC(=C)c2ncnc(N)c2Cl)s1. The highest BCUT2D eigenvalue weighted by Crippen LogP contribution is 2.29. The van der Waals surface area contributed by atoms with Gasteiger partial charge in [-0.25, -0.2) is 24.3 Å². The van der Waals surface area contributed by atoms with E-state index in [1.165, 1.54) is 29.9 Å². The largest absolute Gasteiger partial charge is 0.382 e. The van der Waals surface area contributed by atoms with E-state index in [-0.39, 0.29) is 21.9 Å². The van der Waals surface area contributed by atoms with Crippen molar-refractivity contribution in [1.29, 1.82) is 0 Å². The molecule has 0 amide bonds. The van der Waals surface area contributed by atoms with Gasteiger partial charge in [-0.1, -0.05) is 36.4 Å². The van der Waals surface area contributed by atoms with Crippen LogP contribution in [0.4, 0.5) is 16.0 Å². The number of nitrogens with one attached hydrogen (secondary N) is 2. The molecule has 0 aliphatic heterocycles. The van der Waals surface area contributed by atoms with E-state index in [9.17, 15) is 4.39 Å². The van der Waals surface area contributed by atoms with Gasteiger partial charge in [0.25, 0.3) is 0 Å². The Hall–Kier alpha value is -2.75. The minimum Gasteiger partial charge on any atom is -0.382 e. The molecule has 0 unspecified atom stereocenters. The van der Waals surface area contributed by atoms with Crippen molar-refractivity contribution >= 4 is 57.6 Å². The highest BCUT2D eigenvalue weighted by molar-refractivity contribution is 7.12. The first-order chi connectivity index (χ1) is 13.8. The van der Waals surface area contributed by atoms with E-state index in [1.807, 2.05) is 6.92 Å². The molecule has 150 valence electrons. The van der Waals surface area contributed by atoms with Crippen LogP contribution in [0.2, 0.25) is 10.0 Å². The summed E-state index contributed by atoms with van der Waals surface area (Å²) < 4.78 is 13.6. The lowest BCUT2D eigenvalue weighted by Crippen LogP contribution is -2.17. The van der Waals surface area contributed by atoms with Crippen molar-refractivity contribution in [2.75, 3.05) is 11.1 Å². The average molecular weight is 452 g/mol. The third-order valence-electron chi connectivity index (χ3n) is 3.77. The molecule has 0 aromatic carbocycles. The fourth-order valence-electron chi connectivity index (χ4n) is 2.31. The fraction of sp³-hybridized carbons (Fsp3) is 0.111. The Labute approximate surface area is 180 Å². The lowest BCUT2D eigenvalue weighted by Gasteiger charge is -2.15. The maximum absolute atomic E-state index is 13.6. The van der Waals surface area contributed by atoms with Gasteiger partial charge in [0.05, 0.1) is 33.5 Å². The molecule has 0 bridgehead atoms. The zero-order valence-corrected chi connectivity index (χ0v) is 17.5. The number of rotatable bonds is 7. The Morgan fingerprint density at radius 3 is 2.66 bits per heavy atom. The van der Waals surface area contributed by atoms with E-state index in [4.69, 9.17) is 28.9 Å². The second-order valence-corrected chi connectivity index (χ2v) is 7.76. The first-order valence-electron chi connectivity index (χ1n) is 8.21. The monoisotopic (exact) mass is 451 g/mol. The smallest absolute Gasteiger partial charge is 0.147 e. The van der Waals surface area contributed by atoms with Crippen molar-refractivity contribution in [2.24, 2.45) is 0 Å². The molecule has 11 heteroatoms. The molecule has 0 aliphatic rings. The van der Waals surface area contributed by atoms with Crippen molar-refractivity contribution < 1.29 is 4.39 Å². The van der Waals surface area contributed by atoms with E-state index < -0.39 is 5.82 Å². The van der Waals surface area contributed by atoms with E-state index in [2.05, 4.69) is 43.7 Å². The number of thiazole rings is 1. The normalized spacial score (nSPS) is 11.7. The molecular formula is C18H16Cl2FN7S. The van der Waals surface area contributed by atoms with Crippen LogP contribution in [0, 0.1) is 5.82 Å². The number of hydrogen-bond acceptors (Lipinski definition) is 8. The van der Waals surface area contributed by atoms with Crippen molar-refractivity contribution in [3.05, 3.63) is 69.4 Å². The van der Waals surface area contributed by atoms with Gasteiger partial charge in [0.2, 0.25) is 0 Å². The van der Waals surface area contributed by atoms with Gasteiger partial charge < -0.3 is 16.4 Å². The van der Waals surface area contributed by atoms with Crippen LogP contribution in [-0.4, -0.2) is 19.9 Å². The summed E-state index contributed by atoms with van der Waals surface area (Å²) in [6.07, 6.45) is 4.21. The molecule has 3 heterocycles. The Morgan fingerprint density at radius 1 is 1.17 bits per heavy atom. The molecule has 3 aromatic heterocycles. The average Bonchev–Trinajstić information content (AvgIpc) is 3.17. The number of aromatic nitrogens is 4. The number of nitrogen functional groups attached to an aromatic ring is 1. The van der Waals surface area contributed by atoms with Gasteiger partial charge in [0.15, 0.2) is 0 Å². The maximum Gasteiger partial charge on any atom is 0.147 e. The molecule has 0 saturated carbocycles. The van der Waals surface area contributed by atoms with Crippen LogP contribution in [0.15, 0.2) is 37.9 Å². The van der Waals surface area contributed by atoms with Crippen molar-refractivity contribution in [1.82, 2.24) is 25.3 Å². The van der Waals surface area contributed by atoms with Gasteiger partial charge in [0, 0.05) is 12.3 Å². The highest BCUT2D eigenvalue weighted by Gasteiger charge is 2.16. The summed E-state index contributed by atoms with van der Waals surface area (Å²) in [5, 5.41) is 7.09. The molecule has 4 N–H and O–H groups in total. The number of nitrogens with zero attached hydrogens (tertiary/aromatic N) is 4. The number of nitrogens with two attached hydrogens (primary N) is 1. The Balaban J connectivity index is 1.68. The maximum atomic E-state index is 13.6. The van der Waals surface area contributed by atoms with E-state index >= 15 is 0 Å². The van der Waals surface area contributed by atoms with E-state index in [0.29, 0.717) is 22.9 Å². The number of hydrogen-bond donors (Lipinski definition) is 3. The van der Waals surface area contributed by atoms with Crippen LogP contribution in [0.25, 0.3) is 11.4 Å². The quantitative estimate of drug-likeness (QED) is 0.475. The topological polar surface area (TPSA) is 102 Å². The molecule has 0 fully saturated rings. The summed E-state index contributed by atoms with van der Waals surface area (Å²) in [6.45, 7) is 9.82. The lowest BCUT2D eigenvalue weighted by molar-refractivity contribution is 0.627. The van der Waals surface area contributed by atoms with Crippen molar-refractivity contribution in [3.8, 4) is 0 Å². The first kappa shape index (κ1) is 21.0. The Morgan fingerprint density at radius 2 is 1.93 bits per heavy atom. The summed E-state index contributed by atoms with van der Waals surface area (Å²) in [6, 6.07) is 1.01. The standard InChI is InChI=1S/C18H16Cl2FN7S/c1-8(28-14-4-12(21)11(19)5-23-14)13-6-24-18(29-13)10(3)27-9(2)16-15(20)17(22)26-7-25-16/h4-7,10,27H,1-2H2,3H3,(H,23,28)(H2,22,25,26)/t10-/m1/s1. The van der Waals surface area contributed by atoms with E-state index in [0.717, 1.165) is 9.88 Å². The molecule has 3 rings (SSSR count). The summed E-state index contributed by atoms with van der Waals surface area (Å²) in [4.78, 5) is 17.1. The summed E-state index contributed by atoms with van der Waals surface area (Å²) in [5.74, 6) is -0.0943. The van der Waals surface area contributed by atoms with E-state index in [1.54, 1.807) is 6.20 Å². The van der Waals surface area contributed by atoms with Gasteiger partial charge in [0.1, 0.15) is 39.5 Å². The zero-order valence-electron chi connectivity index (χ0n) is 15.2. The summed E-state index contributed by atoms with van der Waals surface area (Å²) >= 11 is 13.2. The minimum atomic E-state index is -0.567. The highest BCUT2D eigenvalue weighted by atomic mass is 35.5. The molecule has 0 spiro atoms. The van der Waals surface area contributed by atoms with Gasteiger partial charge in [-0.05, 0) is 6.92 Å². The molecular weight excluding hydrogens is 436 g/mol. The van der Waals surface area contributed by atoms with Crippen LogP contribution in [-0.2, 0) is 0 Å². The third-order valence-corrected chi connectivity index (χ3v) is 5.66. The van der Waals surface area contributed by atoms with Crippen LogP contribution in [0.1, 0.15) is 28.5 Å². The van der Waals surface area contributed by atoms with Gasteiger partial charge in [-0.3, -0.25) is 0 Å². The van der Waals surface area contributed by atoms with Crippen molar-refractivity contribution in [3.63, 3.8) is 0 Å². The Bertz CT molecular complexity index is 1090. The molecule has 0 aliphatic carbocycles. The third kappa shape index (κ3) is 4.81. The molecule has 3 aromatic rings. The summed E-state index contributed by atoms with van der Waals surface area (Å²) in [5.41, 5.74) is 7.14. The molecule has 0 saturated heterocycles. The number of anilines is 2. The molecule has 7 nitrogen and oxygen atoms in total. The van der Waals surface area contributed by atoms with Gasteiger partial charge >= 0.3 is 0 Å². The lowest BCUT2D eigenvalue weighted by atomic mass is 10.2. The van der Waals surface area contributed by atoms with Crippen LogP contribution >= 0.6 is 34.5 Å². The summed E-state index contributed by atoms with van der Waals surface area (Å²) in [7, 11) is 0. The van der Waals surface area contributed by atoms with Crippen LogP contribution in [0.5, 0.6) is 0 Å². The first-order valence-corrected chi connectivity index (χ1v) is 9.78. The molecule has 29 heavy (non-hydrogen) atoms. The van der Waals surface area contributed by atoms with Crippen LogP contribution < -0.4 is 16.4 Å². The Kier molecular flexibility index (Phi) is 6.31. The van der Waals surface area contributed by atoms with Crippen LogP contribution in [0.3, 0.4) is 0 Å². The zero-order chi connectivity index (χ0) is 21.1. The number of pyridine rings is 1. The predicted octanol–water partition coefficient (Wildman–Crippen LogP) is 4.76. The van der Waals surface area contributed by atoms with Gasteiger partial charge in [-0.15, -0.1) is 11.3 Å². The second kappa shape index (κ2) is 8.73. The van der Waals surface area contributed by atoms with Crippen molar-refractivity contribution in [2.45, 2.75) is 13.0 Å². The van der Waals surface area contributed by atoms with Gasteiger partial charge in [-0.2, -0.15) is 0 Å². The fourth-order valence-corrected chi connectivity index (χ4v) is 3.47. The minimum absolute atomic E-state index is 0.0492. The number of halogens is 3.